The number of unbranched alkanes of at least 4 members (excludes halogenated alkanes) is 1. The Morgan fingerprint density at radius 2 is 1.74 bits per heavy atom. The van der Waals surface area contributed by atoms with E-state index in [4.69, 9.17) is 0 Å². The molecule has 2 rings (SSSR count). The fourth-order valence-electron chi connectivity index (χ4n) is 2.50. The summed E-state index contributed by atoms with van der Waals surface area (Å²) in [6, 6.07) is 8.09. The number of benzene rings is 2. The zero-order valence-electron chi connectivity index (χ0n) is 15.2. The van der Waals surface area contributed by atoms with Crippen molar-refractivity contribution in [3.63, 3.8) is 0 Å². The molecule has 1 amide bonds. The first-order valence-corrected chi connectivity index (χ1v) is 10.1. The van der Waals surface area contributed by atoms with Gasteiger partial charge in [-0.3, -0.25) is 4.79 Å². The standard InChI is InChI=1S/C19H22F2N2O3S/c1-3-5-12-23(4-2)27(25,26)16-10-11-18(21)17(13-16)19(24)22-15-8-6-14(20)7-9-15/h6-11,13H,3-5,12H2,1-2H3,(H,22,24). The molecule has 8 heteroatoms. The molecule has 146 valence electrons. The lowest BCUT2D eigenvalue weighted by Crippen LogP contribution is -2.32. The number of nitrogens with zero attached hydrogens (tertiary/aromatic N) is 1. The first kappa shape index (κ1) is 21.0. The zero-order valence-corrected chi connectivity index (χ0v) is 16.0. The van der Waals surface area contributed by atoms with Gasteiger partial charge in [0, 0.05) is 18.8 Å². The highest BCUT2D eigenvalue weighted by Gasteiger charge is 2.25. The maximum atomic E-state index is 14.1. The summed E-state index contributed by atoms with van der Waals surface area (Å²) in [5.41, 5.74) is -0.126. The molecule has 2 aromatic rings. The molecule has 0 spiro atoms. The van der Waals surface area contributed by atoms with Crippen LogP contribution in [0.25, 0.3) is 0 Å². The highest BCUT2D eigenvalue weighted by atomic mass is 32.2. The molecule has 0 radical (unpaired) electrons. The third kappa shape index (κ3) is 5.11. The van der Waals surface area contributed by atoms with Crippen LogP contribution >= 0.6 is 0 Å². The predicted octanol–water partition coefficient (Wildman–Crippen LogP) is 4.03. The first-order valence-electron chi connectivity index (χ1n) is 8.66. The summed E-state index contributed by atoms with van der Waals surface area (Å²) in [6.45, 7) is 4.30. The Morgan fingerprint density at radius 1 is 1.07 bits per heavy atom. The molecule has 0 bridgehead atoms. The number of carbonyl (C=O) groups excluding carboxylic acids is 1. The van der Waals surface area contributed by atoms with Crippen LogP contribution in [-0.2, 0) is 10.0 Å². The van der Waals surface area contributed by atoms with Crippen molar-refractivity contribution in [2.24, 2.45) is 0 Å². The van der Waals surface area contributed by atoms with Crippen LogP contribution in [0.1, 0.15) is 37.0 Å². The molecular formula is C19H22F2N2O3S. The summed E-state index contributed by atoms with van der Waals surface area (Å²) in [6.07, 6.45) is 1.53. The second kappa shape index (κ2) is 9.05. The Hall–Kier alpha value is -2.32. The highest BCUT2D eigenvalue weighted by Crippen LogP contribution is 2.21. The fraction of sp³-hybridized carbons (Fsp3) is 0.316. The molecular weight excluding hydrogens is 374 g/mol. The lowest BCUT2D eigenvalue weighted by Gasteiger charge is -2.20. The van der Waals surface area contributed by atoms with Crippen molar-refractivity contribution >= 4 is 21.6 Å². The molecule has 2 aromatic carbocycles. The van der Waals surface area contributed by atoms with Gasteiger partial charge in [0.05, 0.1) is 10.5 Å². The third-order valence-electron chi connectivity index (χ3n) is 4.04. The molecule has 0 unspecified atom stereocenters. The van der Waals surface area contributed by atoms with Gasteiger partial charge in [0.15, 0.2) is 0 Å². The van der Waals surface area contributed by atoms with E-state index in [2.05, 4.69) is 5.32 Å². The van der Waals surface area contributed by atoms with Crippen molar-refractivity contribution in [2.45, 2.75) is 31.6 Å². The van der Waals surface area contributed by atoms with Gasteiger partial charge in [-0.25, -0.2) is 17.2 Å². The molecule has 0 saturated carbocycles. The zero-order chi connectivity index (χ0) is 20.0. The molecule has 0 fully saturated rings. The Labute approximate surface area is 158 Å². The monoisotopic (exact) mass is 396 g/mol. The summed E-state index contributed by atoms with van der Waals surface area (Å²) in [7, 11) is -3.84. The molecule has 0 aliphatic carbocycles. The third-order valence-corrected chi connectivity index (χ3v) is 6.01. The number of amides is 1. The number of anilines is 1. The Bertz CT molecular complexity index is 900. The maximum Gasteiger partial charge on any atom is 0.258 e. The average molecular weight is 396 g/mol. The van der Waals surface area contributed by atoms with Crippen LogP contribution in [0.2, 0.25) is 0 Å². The normalized spacial score (nSPS) is 11.6. The van der Waals surface area contributed by atoms with Crippen LogP contribution in [0.15, 0.2) is 47.4 Å². The van der Waals surface area contributed by atoms with E-state index >= 15 is 0 Å². The number of carbonyl (C=O) groups is 1. The van der Waals surface area contributed by atoms with Crippen molar-refractivity contribution in [1.82, 2.24) is 4.31 Å². The number of sulfonamides is 1. The van der Waals surface area contributed by atoms with Gasteiger partial charge in [-0.15, -0.1) is 0 Å². The van der Waals surface area contributed by atoms with Gasteiger partial charge in [-0.2, -0.15) is 4.31 Å². The summed E-state index contributed by atoms with van der Waals surface area (Å²) in [4.78, 5) is 12.2. The van der Waals surface area contributed by atoms with Gasteiger partial charge in [0.2, 0.25) is 10.0 Å². The molecule has 0 heterocycles. The van der Waals surface area contributed by atoms with E-state index < -0.39 is 33.1 Å². The van der Waals surface area contributed by atoms with E-state index in [1.807, 2.05) is 6.92 Å². The molecule has 5 nitrogen and oxygen atoms in total. The van der Waals surface area contributed by atoms with Crippen LogP contribution in [0, 0.1) is 11.6 Å². The molecule has 0 atom stereocenters. The van der Waals surface area contributed by atoms with Gasteiger partial charge < -0.3 is 5.32 Å². The number of rotatable bonds is 8. The Kier molecular flexibility index (Phi) is 7.04. The minimum Gasteiger partial charge on any atom is -0.322 e. The van der Waals surface area contributed by atoms with Crippen LogP contribution in [-0.4, -0.2) is 31.7 Å². The lowest BCUT2D eigenvalue weighted by atomic mass is 10.2. The fourth-order valence-corrected chi connectivity index (χ4v) is 4.02. The number of hydrogen-bond acceptors (Lipinski definition) is 3. The van der Waals surface area contributed by atoms with E-state index in [0.717, 1.165) is 36.8 Å². The van der Waals surface area contributed by atoms with Gasteiger partial charge in [-0.05, 0) is 48.9 Å². The van der Waals surface area contributed by atoms with Crippen molar-refractivity contribution in [3.05, 3.63) is 59.7 Å². The number of hydrogen-bond donors (Lipinski definition) is 1. The smallest absolute Gasteiger partial charge is 0.258 e. The number of halogens is 2. The van der Waals surface area contributed by atoms with E-state index in [0.29, 0.717) is 13.0 Å². The quantitative estimate of drug-likeness (QED) is 0.733. The first-order chi connectivity index (χ1) is 12.8. The van der Waals surface area contributed by atoms with Crippen molar-refractivity contribution in [3.8, 4) is 0 Å². The van der Waals surface area contributed by atoms with Crippen LogP contribution < -0.4 is 5.32 Å². The minimum atomic E-state index is -3.84. The molecule has 1 N–H and O–H groups in total. The average Bonchev–Trinajstić information content (AvgIpc) is 2.64. The Morgan fingerprint density at radius 3 is 2.33 bits per heavy atom. The van der Waals surface area contributed by atoms with E-state index in [-0.39, 0.29) is 17.1 Å². The minimum absolute atomic E-state index is 0.147. The lowest BCUT2D eigenvalue weighted by molar-refractivity contribution is 0.102. The second-order valence-corrected chi connectivity index (χ2v) is 7.89. The van der Waals surface area contributed by atoms with Crippen molar-refractivity contribution in [1.29, 1.82) is 0 Å². The maximum absolute atomic E-state index is 14.1. The summed E-state index contributed by atoms with van der Waals surface area (Å²) >= 11 is 0. The SMILES string of the molecule is CCCCN(CC)S(=O)(=O)c1ccc(F)c(C(=O)Nc2ccc(F)cc2)c1. The van der Waals surface area contributed by atoms with Crippen molar-refractivity contribution < 1.29 is 22.0 Å². The van der Waals surface area contributed by atoms with E-state index in [1.165, 1.54) is 16.4 Å². The summed E-state index contributed by atoms with van der Waals surface area (Å²) in [5, 5.41) is 2.43. The van der Waals surface area contributed by atoms with E-state index in [1.54, 1.807) is 6.92 Å². The molecule has 0 aliphatic heterocycles. The summed E-state index contributed by atoms with van der Waals surface area (Å²) < 4.78 is 53.9. The summed E-state index contributed by atoms with van der Waals surface area (Å²) in [5.74, 6) is -2.13. The topological polar surface area (TPSA) is 66.5 Å². The predicted molar refractivity (Wildman–Crippen MR) is 100 cm³/mol. The van der Waals surface area contributed by atoms with Crippen LogP contribution in [0.5, 0.6) is 0 Å². The largest absolute Gasteiger partial charge is 0.322 e. The van der Waals surface area contributed by atoms with E-state index in [9.17, 15) is 22.0 Å². The van der Waals surface area contributed by atoms with Gasteiger partial charge in [0.1, 0.15) is 11.6 Å². The number of nitrogens with one attached hydrogen (secondary N) is 1. The molecule has 0 aliphatic rings. The van der Waals surface area contributed by atoms with Gasteiger partial charge in [0.25, 0.3) is 5.91 Å². The second-order valence-electron chi connectivity index (χ2n) is 5.95. The van der Waals surface area contributed by atoms with Crippen LogP contribution in [0.3, 0.4) is 0 Å². The highest BCUT2D eigenvalue weighted by molar-refractivity contribution is 7.89. The van der Waals surface area contributed by atoms with Gasteiger partial charge in [-0.1, -0.05) is 20.3 Å². The van der Waals surface area contributed by atoms with Crippen molar-refractivity contribution in [2.75, 3.05) is 18.4 Å². The van der Waals surface area contributed by atoms with Gasteiger partial charge >= 0.3 is 0 Å². The molecule has 27 heavy (non-hydrogen) atoms. The van der Waals surface area contributed by atoms with Crippen LogP contribution in [0.4, 0.5) is 14.5 Å². The Balaban J connectivity index is 2.31. The molecule has 0 aromatic heterocycles. The molecule has 0 saturated heterocycles.